The summed E-state index contributed by atoms with van der Waals surface area (Å²) in [6.45, 7) is 7.59. The number of unbranched alkanes of at least 4 members (excludes halogenated alkanes) is 1. The van der Waals surface area contributed by atoms with Gasteiger partial charge in [0, 0.05) is 13.1 Å². The van der Waals surface area contributed by atoms with Crippen LogP contribution in [-0.4, -0.2) is 33.7 Å². The van der Waals surface area contributed by atoms with E-state index in [1.165, 1.54) is 12.1 Å². The molecule has 0 saturated carbocycles. The van der Waals surface area contributed by atoms with Crippen LogP contribution >= 0.6 is 11.6 Å². The zero-order chi connectivity index (χ0) is 17.7. The Balaban J connectivity index is 2.24. The fourth-order valence-electron chi connectivity index (χ4n) is 2.57. The van der Waals surface area contributed by atoms with Gasteiger partial charge in [-0.3, -0.25) is 4.79 Å². The van der Waals surface area contributed by atoms with Gasteiger partial charge in [0.2, 0.25) is 0 Å². The maximum Gasteiger partial charge on any atom is 0.258 e. The standard InChI is InChI=1S/C18H23ClFN3O/c1-4-6-11-22(5-2)18(24)16-13(3)21-23(17(16)19)12-14-7-9-15(20)10-8-14/h7-10H,4-6,11-12H2,1-3H3. The first-order valence-electron chi connectivity index (χ1n) is 8.24. The van der Waals surface area contributed by atoms with Gasteiger partial charge in [0.05, 0.1) is 17.8 Å². The molecular weight excluding hydrogens is 329 g/mol. The molecule has 2 rings (SSSR count). The van der Waals surface area contributed by atoms with Crippen LogP contribution < -0.4 is 0 Å². The Morgan fingerprint density at radius 2 is 1.96 bits per heavy atom. The molecule has 0 N–H and O–H groups in total. The fourth-order valence-corrected chi connectivity index (χ4v) is 2.89. The van der Waals surface area contributed by atoms with Crippen molar-refractivity contribution in [2.24, 2.45) is 0 Å². The van der Waals surface area contributed by atoms with Gasteiger partial charge >= 0.3 is 0 Å². The number of rotatable bonds is 7. The summed E-state index contributed by atoms with van der Waals surface area (Å²) < 4.78 is 14.6. The Morgan fingerprint density at radius 3 is 2.54 bits per heavy atom. The smallest absolute Gasteiger partial charge is 0.258 e. The highest BCUT2D eigenvalue weighted by Crippen LogP contribution is 2.23. The summed E-state index contributed by atoms with van der Waals surface area (Å²) in [5.41, 5.74) is 1.94. The third-order valence-corrected chi connectivity index (χ3v) is 4.36. The molecule has 0 aliphatic carbocycles. The number of aryl methyl sites for hydroxylation is 1. The highest BCUT2D eigenvalue weighted by atomic mass is 35.5. The first-order chi connectivity index (χ1) is 11.5. The van der Waals surface area contributed by atoms with Gasteiger partial charge in [-0.05, 0) is 38.0 Å². The van der Waals surface area contributed by atoms with Gasteiger partial charge in [0.1, 0.15) is 11.0 Å². The number of amides is 1. The maximum atomic E-state index is 13.0. The van der Waals surface area contributed by atoms with E-state index in [9.17, 15) is 9.18 Å². The summed E-state index contributed by atoms with van der Waals surface area (Å²) in [6, 6.07) is 6.16. The largest absolute Gasteiger partial charge is 0.339 e. The molecular formula is C18H23ClFN3O. The molecule has 0 spiro atoms. The highest BCUT2D eigenvalue weighted by molar-refractivity contribution is 6.33. The number of aromatic nitrogens is 2. The van der Waals surface area contributed by atoms with Crippen molar-refractivity contribution in [1.29, 1.82) is 0 Å². The second kappa shape index (κ2) is 8.29. The molecule has 0 unspecified atom stereocenters. The van der Waals surface area contributed by atoms with Crippen molar-refractivity contribution in [3.05, 3.63) is 52.1 Å². The minimum absolute atomic E-state index is 0.0844. The molecule has 0 bridgehead atoms. The summed E-state index contributed by atoms with van der Waals surface area (Å²) in [6.07, 6.45) is 1.99. The summed E-state index contributed by atoms with van der Waals surface area (Å²) >= 11 is 6.42. The second-order valence-electron chi connectivity index (χ2n) is 5.77. The van der Waals surface area contributed by atoms with Crippen molar-refractivity contribution >= 4 is 17.5 Å². The van der Waals surface area contributed by atoms with Crippen LogP contribution in [0.3, 0.4) is 0 Å². The van der Waals surface area contributed by atoms with Gasteiger partial charge in [0.15, 0.2) is 0 Å². The Kier molecular flexibility index (Phi) is 6.37. The first kappa shape index (κ1) is 18.5. The van der Waals surface area contributed by atoms with E-state index in [0.29, 0.717) is 36.0 Å². The number of hydrogen-bond acceptors (Lipinski definition) is 2. The summed E-state index contributed by atoms with van der Waals surface area (Å²) in [4.78, 5) is 14.6. The molecule has 0 radical (unpaired) electrons. The number of halogens is 2. The first-order valence-corrected chi connectivity index (χ1v) is 8.62. The van der Waals surface area contributed by atoms with E-state index in [4.69, 9.17) is 11.6 Å². The molecule has 0 fully saturated rings. The molecule has 0 atom stereocenters. The predicted molar refractivity (Wildman–Crippen MR) is 94.0 cm³/mol. The highest BCUT2D eigenvalue weighted by Gasteiger charge is 2.24. The minimum atomic E-state index is -0.285. The number of hydrogen-bond donors (Lipinski definition) is 0. The van der Waals surface area contributed by atoms with Crippen molar-refractivity contribution in [2.45, 2.75) is 40.2 Å². The topological polar surface area (TPSA) is 38.1 Å². The van der Waals surface area contributed by atoms with Crippen molar-refractivity contribution in [1.82, 2.24) is 14.7 Å². The lowest BCUT2D eigenvalue weighted by Gasteiger charge is -2.20. The number of carbonyl (C=O) groups excluding carboxylic acids is 1. The van der Waals surface area contributed by atoms with E-state index in [1.54, 1.807) is 28.6 Å². The van der Waals surface area contributed by atoms with Crippen LogP contribution in [0.25, 0.3) is 0 Å². The number of carbonyl (C=O) groups is 1. The second-order valence-corrected chi connectivity index (χ2v) is 6.13. The van der Waals surface area contributed by atoms with Crippen molar-refractivity contribution in [3.8, 4) is 0 Å². The van der Waals surface area contributed by atoms with E-state index in [1.807, 2.05) is 6.92 Å². The van der Waals surface area contributed by atoms with E-state index >= 15 is 0 Å². The maximum absolute atomic E-state index is 13.0. The van der Waals surface area contributed by atoms with E-state index < -0.39 is 0 Å². The van der Waals surface area contributed by atoms with Gasteiger partial charge in [0.25, 0.3) is 5.91 Å². The Bertz CT molecular complexity index is 697. The van der Waals surface area contributed by atoms with Crippen LogP contribution in [0.1, 0.15) is 48.3 Å². The molecule has 130 valence electrons. The van der Waals surface area contributed by atoms with Crippen LogP contribution in [0.5, 0.6) is 0 Å². The molecule has 2 aromatic rings. The molecule has 1 aromatic carbocycles. The van der Waals surface area contributed by atoms with Gasteiger partial charge in [-0.15, -0.1) is 0 Å². The van der Waals surface area contributed by atoms with Crippen molar-refractivity contribution in [2.75, 3.05) is 13.1 Å². The zero-order valence-corrected chi connectivity index (χ0v) is 15.1. The summed E-state index contributed by atoms with van der Waals surface area (Å²) in [5.74, 6) is -0.370. The monoisotopic (exact) mass is 351 g/mol. The van der Waals surface area contributed by atoms with Gasteiger partial charge < -0.3 is 4.90 Å². The van der Waals surface area contributed by atoms with E-state index in [-0.39, 0.29) is 11.7 Å². The lowest BCUT2D eigenvalue weighted by molar-refractivity contribution is 0.0761. The molecule has 1 amide bonds. The number of nitrogens with zero attached hydrogens (tertiary/aromatic N) is 3. The molecule has 1 aromatic heterocycles. The molecule has 4 nitrogen and oxygen atoms in total. The van der Waals surface area contributed by atoms with Crippen LogP contribution in [0, 0.1) is 12.7 Å². The van der Waals surface area contributed by atoms with Gasteiger partial charge in [-0.2, -0.15) is 5.10 Å². The molecule has 0 saturated heterocycles. The van der Waals surface area contributed by atoms with Crippen molar-refractivity contribution in [3.63, 3.8) is 0 Å². The summed E-state index contributed by atoms with van der Waals surface area (Å²) in [5, 5.41) is 4.72. The van der Waals surface area contributed by atoms with E-state index in [0.717, 1.165) is 18.4 Å². The third kappa shape index (κ3) is 4.15. The third-order valence-electron chi connectivity index (χ3n) is 3.98. The normalized spacial score (nSPS) is 10.9. The Labute approximate surface area is 147 Å². The van der Waals surface area contributed by atoms with Gasteiger partial charge in [-0.25, -0.2) is 9.07 Å². The SMILES string of the molecule is CCCCN(CC)C(=O)c1c(C)nn(Cc2ccc(F)cc2)c1Cl. The van der Waals surface area contributed by atoms with E-state index in [2.05, 4.69) is 12.0 Å². The zero-order valence-electron chi connectivity index (χ0n) is 14.4. The van der Waals surface area contributed by atoms with Gasteiger partial charge in [-0.1, -0.05) is 37.1 Å². The average molecular weight is 352 g/mol. The fraction of sp³-hybridized carbons (Fsp3) is 0.444. The van der Waals surface area contributed by atoms with Crippen LogP contribution in [0.4, 0.5) is 4.39 Å². The Hall–Kier alpha value is -1.88. The van der Waals surface area contributed by atoms with Crippen molar-refractivity contribution < 1.29 is 9.18 Å². The average Bonchev–Trinajstić information content (AvgIpc) is 2.84. The van der Waals surface area contributed by atoms with Crippen LogP contribution in [-0.2, 0) is 6.54 Å². The predicted octanol–water partition coefficient (Wildman–Crippen LogP) is 4.29. The molecule has 6 heteroatoms. The molecule has 24 heavy (non-hydrogen) atoms. The molecule has 0 aliphatic rings. The summed E-state index contributed by atoms with van der Waals surface area (Å²) in [7, 11) is 0. The van der Waals surface area contributed by atoms with Crippen LogP contribution in [0.2, 0.25) is 5.15 Å². The number of benzene rings is 1. The Morgan fingerprint density at radius 1 is 1.29 bits per heavy atom. The lowest BCUT2D eigenvalue weighted by atomic mass is 10.2. The van der Waals surface area contributed by atoms with Crippen LogP contribution in [0.15, 0.2) is 24.3 Å². The minimum Gasteiger partial charge on any atom is -0.339 e. The molecule has 1 heterocycles. The lowest BCUT2D eigenvalue weighted by Crippen LogP contribution is -2.32. The molecule has 0 aliphatic heterocycles. The quantitative estimate of drug-likeness (QED) is 0.746.